The molecule has 0 bridgehead atoms. The molecule has 1 aromatic heterocycles. The Hall–Kier alpha value is -2.28. The van der Waals surface area contributed by atoms with Gasteiger partial charge in [-0.2, -0.15) is 0 Å². The van der Waals surface area contributed by atoms with Crippen LogP contribution in [0.15, 0.2) is 26.8 Å². The van der Waals surface area contributed by atoms with Crippen LogP contribution in [0.4, 0.5) is 4.79 Å². The Morgan fingerprint density at radius 1 is 1.53 bits per heavy atom. The first-order valence-corrected chi connectivity index (χ1v) is 4.83. The maximum Gasteiger partial charge on any atom is 0.468 e. The third-order valence-corrected chi connectivity index (χ3v) is 2.27. The van der Waals surface area contributed by atoms with Crippen LogP contribution in [-0.2, 0) is 6.54 Å². The lowest BCUT2D eigenvalue weighted by Crippen LogP contribution is -2.44. The van der Waals surface area contributed by atoms with Crippen molar-refractivity contribution in [2.75, 3.05) is 0 Å². The number of nitrogens with two attached hydrogens (primary N) is 1. The van der Waals surface area contributed by atoms with Gasteiger partial charge in [0, 0.05) is 11.6 Å². The maximum absolute atomic E-state index is 11.3. The molecule has 0 fully saturated rings. The van der Waals surface area contributed by atoms with Crippen molar-refractivity contribution in [1.82, 2.24) is 0 Å². The van der Waals surface area contributed by atoms with Gasteiger partial charge in [0.1, 0.15) is 6.21 Å². The summed E-state index contributed by atoms with van der Waals surface area (Å²) in [7, 11) is 0. The molecule has 1 aromatic rings. The number of rotatable bonds is 3. The number of carbonyl (C=O) groups is 2. The van der Waals surface area contributed by atoms with Gasteiger partial charge in [-0.15, -0.1) is 0 Å². The molecule has 0 spiro atoms. The highest BCUT2D eigenvalue weighted by molar-refractivity contribution is 6.16. The lowest BCUT2D eigenvalue weighted by molar-refractivity contribution is -0.874. The number of quaternary nitrogens is 1. The first-order valence-electron chi connectivity index (χ1n) is 4.83. The highest BCUT2D eigenvalue weighted by atomic mass is 16.4. The maximum atomic E-state index is 11.3. The second kappa shape index (κ2) is 3.95. The van der Waals surface area contributed by atoms with E-state index in [0.29, 0.717) is 5.76 Å². The molecule has 1 atom stereocenters. The topological polar surface area (TPSA) is 98.0 Å². The van der Waals surface area contributed by atoms with Gasteiger partial charge in [-0.05, 0) is 22.3 Å². The van der Waals surface area contributed by atoms with Crippen molar-refractivity contribution >= 4 is 24.2 Å². The van der Waals surface area contributed by atoms with E-state index >= 15 is 0 Å². The average Bonchev–Trinajstić information content (AvgIpc) is 2.88. The van der Waals surface area contributed by atoms with E-state index in [1.54, 1.807) is 6.07 Å². The quantitative estimate of drug-likeness (QED) is 0.616. The summed E-state index contributed by atoms with van der Waals surface area (Å²) in [6.07, 6.45) is 3.70. The fraction of sp³-hybridized carbons (Fsp3) is 0.200. The van der Waals surface area contributed by atoms with Crippen LogP contribution in [-0.4, -0.2) is 28.9 Å². The van der Waals surface area contributed by atoms with E-state index in [1.165, 1.54) is 19.2 Å². The molecule has 0 aromatic carbocycles. The number of furan rings is 1. The summed E-state index contributed by atoms with van der Waals surface area (Å²) in [5.74, 6) is 0.430. The van der Waals surface area contributed by atoms with Gasteiger partial charge in [0.2, 0.25) is 0 Å². The molecule has 17 heavy (non-hydrogen) atoms. The van der Waals surface area contributed by atoms with Gasteiger partial charge in [0.15, 0.2) is 30.1 Å². The molecule has 7 heteroatoms. The predicted octanol–water partition coefficient (Wildman–Crippen LogP) is 0.740. The van der Waals surface area contributed by atoms with Crippen LogP contribution in [0, 0.1) is 0 Å². The highest BCUT2D eigenvalue weighted by Gasteiger charge is 2.39. The predicted molar refractivity (Wildman–Crippen MR) is 58.2 cm³/mol. The molecule has 87 valence electrons. The van der Waals surface area contributed by atoms with Gasteiger partial charge in [-0.3, -0.25) is 4.79 Å². The Morgan fingerprint density at radius 2 is 2.29 bits per heavy atom. The molecule has 7 nitrogen and oxygen atoms in total. The zero-order valence-electron chi connectivity index (χ0n) is 9.08. The average molecular weight is 234 g/mol. The monoisotopic (exact) mass is 234 g/mol. The molecule has 1 radical (unpaired) electrons. The van der Waals surface area contributed by atoms with Crippen LogP contribution in [0.25, 0.3) is 0 Å². The van der Waals surface area contributed by atoms with Gasteiger partial charge in [0.05, 0.1) is 0 Å². The number of amides is 2. The number of Topliss-reactive ketones (excluding diaryl/α,β-unsaturated/α-hetero) is 1. The van der Waals surface area contributed by atoms with Crippen LogP contribution in [0.3, 0.4) is 0 Å². The Labute approximate surface area is 96.8 Å². The van der Waals surface area contributed by atoms with Gasteiger partial charge < -0.3 is 10.2 Å². The minimum Gasteiger partial charge on any atom is -0.452 e. The number of carbonyl (C=O) groups excluding carboxylic acids is 2. The van der Waals surface area contributed by atoms with E-state index in [1.807, 2.05) is 0 Å². The summed E-state index contributed by atoms with van der Waals surface area (Å²) in [5, 5.41) is 7.59. The third kappa shape index (κ3) is 2.00. The molecule has 2 heterocycles. The number of primary amides is 1. The van der Waals surface area contributed by atoms with Gasteiger partial charge >= 0.3 is 6.03 Å². The third-order valence-electron chi connectivity index (χ3n) is 2.27. The second-order valence-corrected chi connectivity index (χ2v) is 3.52. The van der Waals surface area contributed by atoms with Crippen LogP contribution >= 0.6 is 0 Å². The van der Waals surface area contributed by atoms with Gasteiger partial charge in [-0.25, -0.2) is 4.79 Å². The number of urea groups is 1. The van der Waals surface area contributed by atoms with E-state index < -0.39 is 10.7 Å². The van der Waals surface area contributed by atoms with Gasteiger partial charge in [-0.1, -0.05) is 0 Å². The number of hydrogen-bond acceptors (Lipinski definition) is 5. The highest BCUT2D eigenvalue weighted by Crippen LogP contribution is 2.20. The van der Waals surface area contributed by atoms with Crippen LogP contribution in [0.1, 0.15) is 23.2 Å². The van der Waals surface area contributed by atoms with E-state index in [0.717, 1.165) is 0 Å². The van der Waals surface area contributed by atoms with Crippen molar-refractivity contribution in [2.24, 2.45) is 15.9 Å². The zero-order chi connectivity index (χ0) is 12.5. The SMILES string of the molecule is CC(=O)c1ccc(C[N+]2(C(N)=O)N=[C]C=N2)o1. The van der Waals surface area contributed by atoms with Crippen molar-refractivity contribution < 1.29 is 18.7 Å². The van der Waals surface area contributed by atoms with E-state index in [2.05, 4.69) is 16.4 Å². The molecule has 1 aliphatic rings. The van der Waals surface area contributed by atoms with Crippen molar-refractivity contribution in [3.05, 3.63) is 23.7 Å². The lowest BCUT2D eigenvalue weighted by Gasteiger charge is -2.15. The number of ketones is 1. The molecule has 1 unspecified atom stereocenters. The standard InChI is InChI=1S/C10H9N4O3/c1-7(15)9-3-2-8(17-9)6-14(10(11)16)12-4-5-13-14/h2-4H,6H2,1H3,(H-,11,16)/p+1. The van der Waals surface area contributed by atoms with E-state index in [4.69, 9.17) is 10.2 Å². The fourth-order valence-electron chi connectivity index (χ4n) is 1.40. The van der Waals surface area contributed by atoms with Crippen molar-refractivity contribution in [2.45, 2.75) is 13.5 Å². The molecule has 0 aliphatic carbocycles. The molecular formula is C10H10N4O3+. The molecule has 2 amide bonds. The summed E-state index contributed by atoms with van der Waals surface area (Å²) >= 11 is 0. The van der Waals surface area contributed by atoms with Crippen LogP contribution in [0.5, 0.6) is 0 Å². The Morgan fingerprint density at radius 3 is 2.76 bits per heavy atom. The normalized spacial score (nSPS) is 16.3. The van der Waals surface area contributed by atoms with Gasteiger partial charge in [0.25, 0.3) is 0 Å². The summed E-state index contributed by atoms with van der Waals surface area (Å²) in [6.45, 7) is 1.41. The van der Waals surface area contributed by atoms with Crippen molar-refractivity contribution in [3.63, 3.8) is 0 Å². The van der Waals surface area contributed by atoms with Crippen LogP contribution in [0.2, 0.25) is 0 Å². The number of nitrogens with zero attached hydrogens (tertiary/aromatic N) is 3. The minimum absolute atomic E-state index is 0.0200. The summed E-state index contributed by atoms with van der Waals surface area (Å²) in [4.78, 5) is 22.4. The summed E-state index contributed by atoms with van der Waals surface area (Å²) < 4.78 is 4.57. The molecule has 0 saturated heterocycles. The Balaban J connectivity index is 2.24. The Bertz CT molecular complexity index is 517. The molecular weight excluding hydrogens is 224 g/mol. The van der Waals surface area contributed by atoms with Crippen LogP contribution < -0.4 is 5.73 Å². The molecule has 2 N–H and O–H groups in total. The molecule has 0 saturated carbocycles. The van der Waals surface area contributed by atoms with E-state index in [9.17, 15) is 9.59 Å². The lowest BCUT2D eigenvalue weighted by atomic mass is 10.3. The number of hydrogen-bond donors (Lipinski definition) is 1. The zero-order valence-corrected chi connectivity index (χ0v) is 9.08. The smallest absolute Gasteiger partial charge is 0.452 e. The Kier molecular flexibility index (Phi) is 2.60. The largest absolute Gasteiger partial charge is 0.468 e. The van der Waals surface area contributed by atoms with Crippen molar-refractivity contribution in [3.8, 4) is 0 Å². The minimum atomic E-state index is -0.743. The van der Waals surface area contributed by atoms with Crippen molar-refractivity contribution in [1.29, 1.82) is 0 Å². The summed E-state index contributed by atoms with van der Waals surface area (Å²) in [6, 6.07) is 2.37. The molecule has 1 aliphatic heterocycles. The molecule has 2 rings (SSSR count). The summed E-state index contributed by atoms with van der Waals surface area (Å²) in [5.41, 5.74) is 5.22. The first-order chi connectivity index (χ1) is 8.03. The first kappa shape index (κ1) is 11.2. The van der Waals surface area contributed by atoms with E-state index in [-0.39, 0.29) is 18.1 Å². The second-order valence-electron chi connectivity index (χ2n) is 3.52. The fourth-order valence-corrected chi connectivity index (χ4v) is 1.40.